The van der Waals surface area contributed by atoms with E-state index in [0.29, 0.717) is 6.61 Å². The SMILES string of the molecule is CCCCCCCCCCOC(=O)NCCCCCC. The third kappa shape index (κ3) is 15.3. The highest BCUT2D eigenvalue weighted by atomic mass is 16.5. The standard InChI is InChI=1S/C17H35NO2/c1-3-5-7-9-10-11-12-14-16-20-17(19)18-15-13-8-6-4-2/h3-16H2,1-2H3,(H,18,19). The zero-order valence-corrected chi connectivity index (χ0v) is 13.7. The molecule has 0 aliphatic rings. The Labute approximate surface area is 125 Å². The van der Waals surface area contributed by atoms with E-state index in [9.17, 15) is 4.79 Å². The summed E-state index contributed by atoms with van der Waals surface area (Å²) in [6.07, 6.45) is 14.6. The van der Waals surface area contributed by atoms with Gasteiger partial charge in [-0.2, -0.15) is 0 Å². The van der Waals surface area contributed by atoms with Gasteiger partial charge in [-0.25, -0.2) is 4.79 Å². The molecule has 0 bridgehead atoms. The van der Waals surface area contributed by atoms with E-state index in [1.807, 2.05) is 0 Å². The van der Waals surface area contributed by atoms with Crippen LogP contribution in [0.5, 0.6) is 0 Å². The number of unbranched alkanes of at least 4 members (excludes halogenated alkanes) is 10. The van der Waals surface area contributed by atoms with Gasteiger partial charge in [-0.3, -0.25) is 0 Å². The zero-order chi connectivity index (χ0) is 14.9. The number of hydrogen-bond acceptors (Lipinski definition) is 2. The smallest absolute Gasteiger partial charge is 0.407 e. The first-order valence-electron chi connectivity index (χ1n) is 8.71. The van der Waals surface area contributed by atoms with Crippen LogP contribution < -0.4 is 5.32 Å². The minimum Gasteiger partial charge on any atom is -0.450 e. The number of rotatable bonds is 14. The summed E-state index contributed by atoms with van der Waals surface area (Å²) in [6.45, 7) is 5.74. The fraction of sp³-hybridized carbons (Fsp3) is 0.941. The molecule has 1 amide bonds. The van der Waals surface area contributed by atoms with Gasteiger partial charge in [0.2, 0.25) is 0 Å². The van der Waals surface area contributed by atoms with Crippen LogP contribution in [-0.4, -0.2) is 19.2 Å². The molecular weight excluding hydrogens is 250 g/mol. The summed E-state index contributed by atoms with van der Waals surface area (Å²) in [5.74, 6) is 0. The van der Waals surface area contributed by atoms with Gasteiger partial charge in [0.05, 0.1) is 6.61 Å². The molecule has 0 saturated heterocycles. The largest absolute Gasteiger partial charge is 0.450 e. The lowest BCUT2D eigenvalue weighted by atomic mass is 10.1. The van der Waals surface area contributed by atoms with Crippen molar-refractivity contribution in [1.29, 1.82) is 0 Å². The van der Waals surface area contributed by atoms with Crippen LogP contribution in [-0.2, 0) is 4.74 Å². The molecule has 0 radical (unpaired) electrons. The number of alkyl carbamates (subject to hydrolysis) is 1. The van der Waals surface area contributed by atoms with E-state index in [1.165, 1.54) is 64.2 Å². The van der Waals surface area contributed by atoms with E-state index in [4.69, 9.17) is 4.74 Å². The molecule has 1 N–H and O–H groups in total. The van der Waals surface area contributed by atoms with Crippen LogP contribution >= 0.6 is 0 Å². The second-order valence-corrected chi connectivity index (χ2v) is 5.60. The lowest BCUT2D eigenvalue weighted by Crippen LogP contribution is -2.25. The Morgan fingerprint density at radius 3 is 1.85 bits per heavy atom. The van der Waals surface area contributed by atoms with Crippen LogP contribution in [0.3, 0.4) is 0 Å². The molecule has 0 fully saturated rings. The molecule has 0 aromatic heterocycles. The predicted molar refractivity (Wildman–Crippen MR) is 86.1 cm³/mol. The topological polar surface area (TPSA) is 38.3 Å². The van der Waals surface area contributed by atoms with Crippen molar-refractivity contribution in [2.75, 3.05) is 13.2 Å². The molecule has 0 saturated carbocycles. The summed E-state index contributed by atoms with van der Waals surface area (Å²) >= 11 is 0. The average Bonchev–Trinajstić information content (AvgIpc) is 2.45. The molecule has 0 heterocycles. The number of carbonyl (C=O) groups excluding carboxylic acids is 1. The molecule has 0 rings (SSSR count). The Kier molecular flexibility index (Phi) is 15.7. The maximum absolute atomic E-state index is 11.3. The van der Waals surface area contributed by atoms with E-state index in [-0.39, 0.29) is 6.09 Å². The van der Waals surface area contributed by atoms with Gasteiger partial charge in [0.15, 0.2) is 0 Å². The molecule has 3 nitrogen and oxygen atoms in total. The van der Waals surface area contributed by atoms with Gasteiger partial charge < -0.3 is 10.1 Å². The van der Waals surface area contributed by atoms with E-state index in [0.717, 1.165) is 19.4 Å². The lowest BCUT2D eigenvalue weighted by molar-refractivity contribution is 0.143. The summed E-state index contributed by atoms with van der Waals surface area (Å²) in [4.78, 5) is 11.3. The minimum atomic E-state index is -0.246. The average molecular weight is 285 g/mol. The highest BCUT2D eigenvalue weighted by Gasteiger charge is 2.00. The molecule has 0 aliphatic heterocycles. The molecule has 120 valence electrons. The summed E-state index contributed by atoms with van der Waals surface area (Å²) < 4.78 is 5.14. The molecule has 0 atom stereocenters. The molecule has 0 aromatic carbocycles. The minimum absolute atomic E-state index is 0.246. The van der Waals surface area contributed by atoms with E-state index in [2.05, 4.69) is 19.2 Å². The third-order valence-electron chi connectivity index (χ3n) is 3.53. The van der Waals surface area contributed by atoms with Crippen LogP contribution in [0.2, 0.25) is 0 Å². The van der Waals surface area contributed by atoms with Gasteiger partial charge in [-0.1, -0.05) is 78.1 Å². The number of amides is 1. The molecule has 3 heteroatoms. The van der Waals surface area contributed by atoms with E-state index >= 15 is 0 Å². The first-order chi connectivity index (χ1) is 9.81. The molecule has 0 spiro atoms. The zero-order valence-electron chi connectivity index (χ0n) is 13.7. The summed E-state index contributed by atoms with van der Waals surface area (Å²) in [6, 6.07) is 0. The van der Waals surface area contributed by atoms with Gasteiger partial charge in [0, 0.05) is 6.54 Å². The quantitative estimate of drug-likeness (QED) is 0.432. The summed E-state index contributed by atoms with van der Waals surface area (Å²) in [5, 5.41) is 2.81. The first kappa shape index (κ1) is 19.3. The maximum atomic E-state index is 11.3. The molecule has 0 unspecified atom stereocenters. The Balaban J connectivity index is 3.11. The molecular formula is C17H35NO2. The second-order valence-electron chi connectivity index (χ2n) is 5.60. The maximum Gasteiger partial charge on any atom is 0.407 e. The normalized spacial score (nSPS) is 10.5. The lowest BCUT2D eigenvalue weighted by Gasteiger charge is -2.06. The Bertz CT molecular complexity index is 207. The fourth-order valence-corrected chi connectivity index (χ4v) is 2.19. The van der Waals surface area contributed by atoms with Crippen molar-refractivity contribution in [3.05, 3.63) is 0 Å². The molecule has 0 aliphatic carbocycles. The fourth-order valence-electron chi connectivity index (χ4n) is 2.19. The van der Waals surface area contributed by atoms with Gasteiger partial charge >= 0.3 is 6.09 Å². The van der Waals surface area contributed by atoms with Crippen molar-refractivity contribution in [2.45, 2.75) is 90.9 Å². The second kappa shape index (κ2) is 16.3. The first-order valence-corrected chi connectivity index (χ1v) is 8.71. The van der Waals surface area contributed by atoms with Crippen molar-refractivity contribution in [2.24, 2.45) is 0 Å². The van der Waals surface area contributed by atoms with Crippen LogP contribution in [0, 0.1) is 0 Å². The summed E-state index contributed by atoms with van der Waals surface area (Å²) in [7, 11) is 0. The highest BCUT2D eigenvalue weighted by Crippen LogP contribution is 2.08. The van der Waals surface area contributed by atoms with Crippen LogP contribution in [0.4, 0.5) is 4.79 Å². The number of ether oxygens (including phenoxy) is 1. The highest BCUT2D eigenvalue weighted by molar-refractivity contribution is 5.66. The van der Waals surface area contributed by atoms with Gasteiger partial charge in [0.25, 0.3) is 0 Å². The van der Waals surface area contributed by atoms with E-state index in [1.54, 1.807) is 0 Å². The number of nitrogens with one attached hydrogen (secondary N) is 1. The monoisotopic (exact) mass is 285 g/mol. The number of hydrogen-bond donors (Lipinski definition) is 1. The van der Waals surface area contributed by atoms with Gasteiger partial charge in [0.1, 0.15) is 0 Å². The molecule has 20 heavy (non-hydrogen) atoms. The third-order valence-corrected chi connectivity index (χ3v) is 3.53. The van der Waals surface area contributed by atoms with Crippen molar-refractivity contribution in [1.82, 2.24) is 5.32 Å². The van der Waals surface area contributed by atoms with Gasteiger partial charge in [-0.15, -0.1) is 0 Å². The van der Waals surface area contributed by atoms with Crippen molar-refractivity contribution in [3.63, 3.8) is 0 Å². The predicted octanol–water partition coefficient (Wildman–Crippen LogP) is 5.43. The number of carbonyl (C=O) groups is 1. The van der Waals surface area contributed by atoms with Gasteiger partial charge in [-0.05, 0) is 12.8 Å². The van der Waals surface area contributed by atoms with Crippen LogP contribution in [0.15, 0.2) is 0 Å². The van der Waals surface area contributed by atoms with Crippen molar-refractivity contribution >= 4 is 6.09 Å². The Morgan fingerprint density at radius 1 is 0.750 bits per heavy atom. The van der Waals surface area contributed by atoms with Crippen molar-refractivity contribution in [3.8, 4) is 0 Å². The van der Waals surface area contributed by atoms with E-state index < -0.39 is 0 Å². The molecule has 0 aromatic rings. The van der Waals surface area contributed by atoms with Crippen LogP contribution in [0.1, 0.15) is 90.9 Å². The Hall–Kier alpha value is -0.730. The summed E-state index contributed by atoms with van der Waals surface area (Å²) in [5.41, 5.74) is 0. The Morgan fingerprint density at radius 2 is 1.25 bits per heavy atom. The van der Waals surface area contributed by atoms with Crippen molar-refractivity contribution < 1.29 is 9.53 Å². The van der Waals surface area contributed by atoms with Crippen LogP contribution in [0.25, 0.3) is 0 Å².